The molecule has 3 N–H and O–H groups in total. The average Bonchev–Trinajstić information content (AvgIpc) is 2.28. The van der Waals surface area contributed by atoms with Crippen molar-refractivity contribution in [3.63, 3.8) is 0 Å². The van der Waals surface area contributed by atoms with Gasteiger partial charge in [-0.3, -0.25) is 0 Å². The van der Waals surface area contributed by atoms with Crippen LogP contribution in [0.15, 0.2) is 18.2 Å². The molecular weight excluding hydrogens is 220 g/mol. The van der Waals surface area contributed by atoms with Gasteiger partial charge in [-0.05, 0) is 12.1 Å². The zero-order valence-electron chi connectivity index (χ0n) is 10.5. The lowest BCUT2D eigenvalue weighted by molar-refractivity contribution is 0.0695. The first-order chi connectivity index (χ1) is 8.08. The lowest BCUT2D eigenvalue weighted by Gasteiger charge is -2.24. The number of anilines is 2. The minimum absolute atomic E-state index is 0.306. The van der Waals surface area contributed by atoms with Gasteiger partial charge in [-0.2, -0.15) is 0 Å². The van der Waals surface area contributed by atoms with Crippen LogP contribution in [0.3, 0.4) is 0 Å². The summed E-state index contributed by atoms with van der Waals surface area (Å²) in [6, 6.07) is 5.47. The predicted octanol–water partition coefficient (Wildman–Crippen LogP) is 0.721. The molecule has 0 radical (unpaired) electrons. The fourth-order valence-electron chi connectivity index (χ4n) is 1.67. The second-order valence-electron chi connectivity index (χ2n) is 3.91. The summed E-state index contributed by atoms with van der Waals surface area (Å²) in [5, 5.41) is 9.64. The van der Waals surface area contributed by atoms with Crippen LogP contribution in [0.1, 0.15) is 0 Å². The van der Waals surface area contributed by atoms with Gasteiger partial charge in [-0.25, -0.2) is 0 Å². The lowest BCUT2D eigenvalue weighted by atomic mass is 10.2. The number of nitrogen functional groups attached to an aromatic ring is 1. The molecule has 0 aliphatic rings. The number of ether oxygens (including phenoxy) is 2. The molecule has 0 aromatic heterocycles. The van der Waals surface area contributed by atoms with E-state index in [2.05, 4.69) is 0 Å². The Morgan fingerprint density at radius 2 is 2.12 bits per heavy atom. The summed E-state index contributed by atoms with van der Waals surface area (Å²) in [7, 11) is 5.03. The van der Waals surface area contributed by atoms with E-state index in [0.717, 1.165) is 11.4 Å². The van der Waals surface area contributed by atoms with Crippen molar-refractivity contribution in [3.8, 4) is 5.75 Å². The van der Waals surface area contributed by atoms with Crippen molar-refractivity contribution in [2.45, 2.75) is 6.10 Å². The summed E-state index contributed by atoms with van der Waals surface area (Å²) in [4.78, 5) is 1.89. The maximum Gasteiger partial charge on any atom is 0.121 e. The van der Waals surface area contributed by atoms with E-state index in [9.17, 15) is 5.11 Å². The van der Waals surface area contributed by atoms with Gasteiger partial charge in [0.1, 0.15) is 5.75 Å². The Labute approximate surface area is 102 Å². The lowest BCUT2D eigenvalue weighted by Crippen LogP contribution is -2.32. The molecule has 0 aliphatic carbocycles. The highest BCUT2D eigenvalue weighted by Gasteiger charge is 2.11. The quantitative estimate of drug-likeness (QED) is 0.717. The fraction of sp³-hybridized carbons (Fsp3) is 0.500. The number of nitrogens with zero attached hydrogens (tertiary/aromatic N) is 1. The van der Waals surface area contributed by atoms with E-state index in [-0.39, 0.29) is 0 Å². The SMILES string of the molecule is COCC(O)CN(C)c1ccc(OC)cc1N. The van der Waals surface area contributed by atoms with Crippen molar-refractivity contribution in [1.29, 1.82) is 0 Å². The van der Waals surface area contributed by atoms with Crippen LogP contribution in [-0.4, -0.2) is 45.6 Å². The van der Waals surface area contributed by atoms with Crippen LogP contribution < -0.4 is 15.4 Å². The van der Waals surface area contributed by atoms with E-state index in [1.54, 1.807) is 20.3 Å². The van der Waals surface area contributed by atoms with Gasteiger partial charge in [0, 0.05) is 26.8 Å². The molecule has 0 aliphatic heterocycles. The number of methoxy groups -OCH3 is 2. The molecule has 5 heteroatoms. The van der Waals surface area contributed by atoms with E-state index in [0.29, 0.717) is 18.8 Å². The van der Waals surface area contributed by atoms with E-state index < -0.39 is 6.10 Å². The zero-order chi connectivity index (χ0) is 12.8. The van der Waals surface area contributed by atoms with Crippen molar-refractivity contribution < 1.29 is 14.6 Å². The summed E-state index contributed by atoms with van der Waals surface area (Å²) >= 11 is 0. The Balaban J connectivity index is 2.71. The molecule has 1 rings (SSSR count). The highest BCUT2D eigenvalue weighted by atomic mass is 16.5. The summed E-state index contributed by atoms with van der Waals surface area (Å²) in [5.41, 5.74) is 7.40. The molecule has 1 unspecified atom stereocenters. The molecule has 5 nitrogen and oxygen atoms in total. The van der Waals surface area contributed by atoms with Crippen LogP contribution in [0.25, 0.3) is 0 Å². The van der Waals surface area contributed by atoms with Gasteiger partial charge in [0.05, 0.1) is 31.2 Å². The number of hydrogen-bond acceptors (Lipinski definition) is 5. The number of rotatable bonds is 6. The van der Waals surface area contributed by atoms with E-state index in [1.807, 2.05) is 24.1 Å². The van der Waals surface area contributed by atoms with Gasteiger partial charge in [0.15, 0.2) is 0 Å². The van der Waals surface area contributed by atoms with Crippen molar-refractivity contribution >= 4 is 11.4 Å². The third-order valence-electron chi connectivity index (χ3n) is 2.49. The minimum Gasteiger partial charge on any atom is -0.497 e. The minimum atomic E-state index is -0.536. The maximum absolute atomic E-state index is 9.64. The van der Waals surface area contributed by atoms with Gasteiger partial charge in [0.25, 0.3) is 0 Å². The maximum atomic E-state index is 9.64. The average molecular weight is 240 g/mol. The van der Waals surface area contributed by atoms with E-state index >= 15 is 0 Å². The Bertz CT molecular complexity index is 358. The molecular formula is C12H20N2O3. The Morgan fingerprint density at radius 1 is 1.41 bits per heavy atom. The van der Waals surface area contributed by atoms with Gasteiger partial charge in [0.2, 0.25) is 0 Å². The topological polar surface area (TPSA) is 68.0 Å². The van der Waals surface area contributed by atoms with Crippen molar-refractivity contribution in [2.24, 2.45) is 0 Å². The van der Waals surface area contributed by atoms with Crippen molar-refractivity contribution in [1.82, 2.24) is 0 Å². The summed E-state index contributed by atoms with van der Waals surface area (Å²) in [6.07, 6.45) is -0.536. The molecule has 0 amide bonds. The third-order valence-corrected chi connectivity index (χ3v) is 2.49. The number of nitrogens with two attached hydrogens (primary N) is 1. The van der Waals surface area contributed by atoms with Crippen molar-refractivity contribution in [3.05, 3.63) is 18.2 Å². The molecule has 0 bridgehead atoms. The second-order valence-corrected chi connectivity index (χ2v) is 3.91. The number of aliphatic hydroxyl groups is 1. The van der Waals surface area contributed by atoms with Crippen LogP contribution in [0.4, 0.5) is 11.4 Å². The first-order valence-corrected chi connectivity index (χ1v) is 5.40. The van der Waals surface area contributed by atoms with Crippen LogP contribution in [0, 0.1) is 0 Å². The fourth-order valence-corrected chi connectivity index (χ4v) is 1.67. The summed E-state index contributed by atoms with van der Waals surface area (Å²) in [5.74, 6) is 0.720. The summed E-state index contributed by atoms with van der Waals surface area (Å²) < 4.78 is 9.96. The molecule has 0 fully saturated rings. The molecule has 1 aromatic rings. The molecule has 17 heavy (non-hydrogen) atoms. The standard InChI is InChI=1S/C12H20N2O3/c1-14(7-9(15)8-16-2)12-5-4-10(17-3)6-11(12)13/h4-6,9,15H,7-8,13H2,1-3H3. The molecule has 1 aromatic carbocycles. The van der Waals surface area contributed by atoms with Crippen molar-refractivity contribution in [2.75, 3.05) is 45.1 Å². The molecule has 0 saturated carbocycles. The number of hydrogen-bond donors (Lipinski definition) is 2. The molecule has 1 atom stereocenters. The number of aliphatic hydroxyl groups excluding tert-OH is 1. The first kappa shape index (κ1) is 13.6. The normalized spacial score (nSPS) is 12.2. The smallest absolute Gasteiger partial charge is 0.121 e. The van der Waals surface area contributed by atoms with Gasteiger partial charge in [-0.1, -0.05) is 0 Å². The number of likely N-dealkylation sites (N-methyl/N-ethyl adjacent to an activating group) is 1. The largest absolute Gasteiger partial charge is 0.497 e. The zero-order valence-corrected chi connectivity index (χ0v) is 10.5. The highest BCUT2D eigenvalue weighted by Crippen LogP contribution is 2.26. The van der Waals surface area contributed by atoms with Gasteiger partial charge in [-0.15, -0.1) is 0 Å². The van der Waals surface area contributed by atoms with E-state index in [4.69, 9.17) is 15.2 Å². The Morgan fingerprint density at radius 3 is 2.65 bits per heavy atom. The third kappa shape index (κ3) is 3.80. The molecule has 0 spiro atoms. The van der Waals surface area contributed by atoms with E-state index in [1.165, 1.54) is 0 Å². The molecule has 0 saturated heterocycles. The predicted molar refractivity (Wildman–Crippen MR) is 68.6 cm³/mol. The molecule has 96 valence electrons. The van der Waals surface area contributed by atoms with Crippen LogP contribution in [0.5, 0.6) is 5.75 Å². The first-order valence-electron chi connectivity index (χ1n) is 5.40. The summed E-state index contributed by atoms with van der Waals surface area (Å²) in [6.45, 7) is 0.769. The van der Waals surface area contributed by atoms with Crippen LogP contribution >= 0.6 is 0 Å². The Kier molecular flexibility index (Phi) is 5.06. The van der Waals surface area contributed by atoms with Crippen LogP contribution in [0.2, 0.25) is 0 Å². The molecule has 0 heterocycles. The van der Waals surface area contributed by atoms with Gasteiger partial charge < -0.3 is 25.2 Å². The van der Waals surface area contributed by atoms with Gasteiger partial charge >= 0.3 is 0 Å². The second kappa shape index (κ2) is 6.32. The van der Waals surface area contributed by atoms with Crippen LogP contribution in [-0.2, 0) is 4.74 Å². The number of benzene rings is 1. The monoisotopic (exact) mass is 240 g/mol. The highest BCUT2D eigenvalue weighted by molar-refractivity contribution is 5.69. The Hall–Kier alpha value is -1.46.